The molecule has 0 saturated carbocycles. The highest BCUT2D eigenvalue weighted by atomic mass is 16.5. The molecule has 0 spiro atoms. The third-order valence-corrected chi connectivity index (χ3v) is 5.53. The Hall–Kier alpha value is -3.85. The molecule has 172 valence electrons. The summed E-state index contributed by atoms with van der Waals surface area (Å²) in [6.45, 7) is 3.96. The van der Waals surface area contributed by atoms with Gasteiger partial charge in [0.15, 0.2) is 5.82 Å². The van der Waals surface area contributed by atoms with Gasteiger partial charge in [-0.3, -0.25) is 0 Å². The molecule has 1 fully saturated rings. The standard InChI is InChI=1S/C24H28N6O3/c1-29-10-12-30(13-11-29)23-9-8-22(27-28-23)17-4-6-18(7-5-17)25-24(31)26-19-14-20(32-2)16-21(15-19)33-3/h4-9,14-16H,10-13H2,1-3H3,(H2,25,26,31). The number of likely N-dealkylation sites (N-methyl/N-ethyl adjacent to an activating group) is 1. The van der Waals surface area contributed by atoms with Gasteiger partial charge in [0.05, 0.1) is 19.9 Å². The summed E-state index contributed by atoms with van der Waals surface area (Å²) < 4.78 is 10.5. The number of amides is 2. The largest absolute Gasteiger partial charge is 0.497 e. The van der Waals surface area contributed by atoms with E-state index in [1.54, 1.807) is 32.4 Å². The van der Waals surface area contributed by atoms with E-state index in [1.165, 1.54) is 0 Å². The highest BCUT2D eigenvalue weighted by Gasteiger charge is 2.15. The molecule has 1 aliphatic heterocycles. The molecule has 1 aromatic heterocycles. The predicted octanol–water partition coefficient (Wildman–Crippen LogP) is 3.56. The van der Waals surface area contributed by atoms with Gasteiger partial charge < -0.3 is 29.9 Å². The van der Waals surface area contributed by atoms with Crippen LogP contribution in [0.25, 0.3) is 11.3 Å². The Morgan fingerprint density at radius 2 is 1.45 bits per heavy atom. The van der Waals surface area contributed by atoms with E-state index in [0.29, 0.717) is 22.9 Å². The second kappa shape index (κ2) is 10.2. The van der Waals surface area contributed by atoms with Crippen molar-refractivity contribution in [3.8, 4) is 22.8 Å². The molecule has 0 aliphatic carbocycles. The zero-order valence-corrected chi connectivity index (χ0v) is 19.0. The molecule has 3 aromatic rings. The Kier molecular flexibility index (Phi) is 6.89. The topological polar surface area (TPSA) is 91.9 Å². The van der Waals surface area contributed by atoms with Crippen LogP contribution < -0.4 is 25.0 Å². The van der Waals surface area contributed by atoms with Crippen molar-refractivity contribution < 1.29 is 14.3 Å². The lowest BCUT2D eigenvalue weighted by atomic mass is 10.1. The summed E-state index contributed by atoms with van der Waals surface area (Å²) in [5, 5.41) is 14.4. The fraction of sp³-hybridized carbons (Fsp3) is 0.292. The third kappa shape index (κ3) is 5.69. The molecule has 0 atom stereocenters. The molecule has 0 unspecified atom stereocenters. The first-order valence-corrected chi connectivity index (χ1v) is 10.7. The molecule has 1 saturated heterocycles. The van der Waals surface area contributed by atoms with Gasteiger partial charge in [-0.05, 0) is 31.3 Å². The van der Waals surface area contributed by atoms with Crippen molar-refractivity contribution in [1.29, 1.82) is 0 Å². The first-order valence-electron chi connectivity index (χ1n) is 10.7. The quantitative estimate of drug-likeness (QED) is 0.596. The number of hydrogen-bond acceptors (Lipinski definition) is 7. The van der Waals surface area contributed by atoms with E-state index in [-0.39, 0.29) is 6.03 Å². The molecule has 9 heteroatoms. The van der Waals surface area contributed by atoms with Crippen LogP contribution in [0.1, 0.15) is 0 Å². The van der Waals surface area contributed by atoms with E-state index in [4.69, 9.17) is 9.47 Å². The van der Waals surface area contributed by atoms with Crippen LogP contribution in [-0.4, -0.2) is 68.6 Å². The number of nitrogens with one attached hydrogen (secondary N) is 2. The number of methoxy groups -OCH3 is 2. The molecule has 2 N–H and O–H groups in total. The molecule has 2 aromatic carbocycles. The van der Waals surface area contributed by atoms with Gasteiger partial charge in [0.2, 0.25) is 0 Å². The van der Waals surface area contributed by atoms with Crippen molar-refractivity contribution in [2.75, 3.05) is 63.0 Å². The maximum Gasteiger partial charge on any atom is 0.323 e. The SMILES string of the molecule is COc1cc(NC(=O)Nc2ccc(-c3ccc(N4CCN(C)CC4)nn3)cc2)cc(OC)c1. The van der Waals surface area contributed by atoms with Crippen molar-refractivity contribution in [3.05, 3.63) is 54.6 Å². The summed E-state index contributed by atoms with van der Waals surface area (Å²) in [5.74, 6) is 2.08. The predicted molar refractivity (Wildman–Crippen MR) is 129 cm³/mol. The number of hydrogen-bond donors (Lipinski definition) is 2. The summed E-state index contributed by atoms with van der Waals surface area (Å²) in [4.78, 5) is 17.0. The number of ether oxygens (including phenoxy) is 2. The molecule has 2 amide bonds. The van der Waals surface area contributed by atoms with Crippen LogP contribution >= 0.6 is 0 Å². The highest BCUT2D eigenvalue weighted by Crippen LogP contribution is 2.26. The minimum Gasteiger partial charge on any atom is -0.497 e. The number of carbonyl (C=O) groups is 1. The molecule has 33 heavy (non-hydrogen) atoms. The fourth-order valence-electron chi connectivity index (χ4n) is 3.58. The summed E-state index contributed by atoms with van der Waals surface area (Å²) in [5.41, 5.74) is 2.94. The van der Waals surface area contributed by atoms with Crippen LogP contribution in [0.5, 0.6) is 11.5 Å². The first-order chi connectivity index (χ1) is 16.0. The normalized spacial score (nSPS) is 14.0. The molecule has 4 rings (SSSR count). The smallest absolute Gasteiger partial charge is 0.323 e. The van der Waals surface area contributed by atoms with Crippen molar-refractivity contribution in [1.82, 2.24) is 15.1 Å². The lowest BCUT2D eigenvalue weighted by Gasteiger charge is -2.32. The summed E-state index contributed by atoms with van der Waals surface area (Å²) >= 11 is 0. The number of nitrogens with zero attached hydrogens (tertiary/aromatic N) is 4. The number of aromatic nitrogens is 2. The van der Waals surface area contributed by atoms with Crippen LogP contribution in [-0.2, 0) is 0 Å². The highest BCUT2D eigenvalue weighted by molar-refractivity contribution is 6.00. The number of rotatable bonds is 6. The van der Waals surface area contributed by atoms with Gasteiger partial charge in [0.1, 0.15) is 11.5 Å². The molecule has 0 bridgehead atoms. The van der Waals surface area contributed by atoms with Crippen molar-refractivity contribution >= 4 is 23.2 Å². The Morgan fingerprint density at radius 3 is 2.03 bits per heavy atom. The summed E-state index contributed by atoms with van der Waals surface area (Å²) in [7, 11) is 5.25. The van der Waals surface area contributed by atoms with Crippen molar-refractivity contribution in [3.63, 3.8) is 0 Å². The van der Waals surface area contributed by atoms with Gasteiger partial charge >= 0.3 is 6.03 Å². The van der Waals surface area contributed by atoms with E-state index >= 15 is 0 Å². The van der Waals surface area contributed by atoms with Crippen LogP contribution in [0, 0.1) is 0 Å². The van der Waals surface area contributed by atoms with Gasteiger partial charge in [0.25, 0.3) is 0 Å². The Bertz CT molecular complexity index is 1060. The average molecular weight is 449 g/mol. The van der Waals surface area contributed by atoms with Crippen molar-refractivity contribution in [2.24, 2.45) is 0 Å². The Balaban J connectivity index is 1.37. The molecular formula is C24H28N6O3. The fourth-order valence-corrected chi connectivity index (χ4v) is 3.58. The van der Waals surface area contributed by atoms with E-state index in [9.17, 15) is 4.79 Å². The van der Waals surface area contributed by atoms with Gasteiger partial charge in [-0.2, -0.15) is 0 Å². The number of carbonyl (C=O) groups excluding carboxylic acids is 1. The van der Waals surface area contributed by atoms with E-state index in [1.807, 2.05) is 36.4 Å². The van der Waals surface area contributed by atoms with Gasteiger partial charge in [-0.15, -0.1) is 10.2 Å². The monoisotopic (exact) mass is 448 g/mol. The van der Waals surface area contributed by atoms with Gasteiger partial charge in [-0.1, -0.05) is 12.1 Å². The number of urea groups is 1. The second-order valence-electron chi connectivity index (χ2n) is 7.82. The lowest BCUT2D eigenvalue weighted by molar-refractivity contribution is 0.262. The number of benzene rings is 2. The molecular weight excluding hydrogens is 420 g/mol. The minimum absolute atomic E-state index is 0.366. The van der Waals surface area contributed by atoms with E-state index in [2.05, 4.69) is 37.7 Å². The molecule has 0 radical (unpaired) electrons. The third-order valence-electron chi connectivity index (χ3n) is 5.53. The summed E-state index contributed by atoms with van der Waals surface area (Å²) in [6, 6.07) is 16.3. The van der Waals surface area contributed by atoms with Crippen LogP contribution in [0.4, 0.5) is 22.0 Å². The molecule has 9 nitrogen and oxygen atoms in total. The van der Waals surface area contributed by atoms with Gasteiger partial charge in [0, 0.05) is 61.3 Å². The Morgan fingerprint density at radius 1 is 0.818 bits per heavy atom. The molecule has 1 aliphatic rings. The van der Waals surface area contributed by atoms with Crippen molar-refractivity contribution in [2.45, 2.75) is 0 Å². The lowest BCUT2D eigenvalue weighted by Crippen LogP contribution is -2.44. The first kappa shape index (κ1) is 22.3. The number of anilines is 3. The maximum absolute atomic E-state index is 12.4. The Labute approximate surface area is 193 Å². The zero-order valence-electron chi connectivity index (χ0n) is 19.0. The van der Waals surface area contributed by atoms with E-state index in [0.717, 1.165) is 43.3 Å². The average Bonchev–Trinajstić information content (AvgIpc) is 2.85. The minimum atomic E-state index is -0.366. The van der Waals surface area contributed by atoms with Crippen LogP contribution in [0.2, 0.25) is 0 Å². The number of piperazine rings is 1. The van der Waals surface area contributed by atoms with Crippen LogP contribution in [0.15, 0.2) is 54.6 Å². The maximum atomic E-state index is 12.4. The van der Waals surface area contributed by atoms with Crippen LogP contribution in [0.3, 0.4) is 0 Å². The molecule has 2 heterocycles. The zero-order chi connectivity index (χ0) is 23.2. The summed E-state index contributed by atoms with van der Waals surface area (Å²) in [6.07, 6.45) is 0. The van der Waals surface area contributed by atoms with E-state index < -0.39 is 0 Å². The second-order valence-corrected chi connectivity index (χ2v) is 7.82. The van der Waals surface area contributed by atoms with Gasteiger partial charge in [-0.25, -0.2) is 4.79 Å².